The summed E-state index contributed by atoms with van der Waals surface area (Å²) in [5.74, 6) is 0.404. The molecule has 0 saturated heterocycles. The van der Waals surface area contributed by atoms with Gasteiger partial charge < -0.3 is 14.9 Å². The van der Waals surface area contributed by atoms with E-state index in [0.717, 1.165) is 11.3 Å². The number of anilines is 1. The Morgan fingerprint density at radius 2 is 2.26 bits per heavy atom. The maximum Gasteiger partial charge on any atom is 0.268 e. The summed E-state index contributed by atoms with van der Waals surface area (Å²) in [4.78, 5) is 21.4. The maximum absolute atomic E-state index is 12.2. The lowest BCUT2D eigenvalue weighted by Gasteiger charge is -2.10. The molecule has 1 atom stereocenters. The van der Waals surface area contributed by atoms with E-state index in [0.29, 0.717) is 17.8 Å². The van der Waals surface area contributed by atoms with Crippen LogP contribution < -0.4 is 10.1 Å². The SMILES string of the molecule is COc1cccc(C2=NO[C@@H](C(=O)Nc3cccnc3Cl)C2)c1. The Bertz CT molecular complexity index is 764. The number of amides is 1. The molecule has 0 saturated carbocycles. The van der Waals surface area contributed by atoms with Crippen LogP contribution in [0.1, 0.15) is 12.0 Å². The molecule has 7 heteroatoms. The van der Waals surface area contributed by atoms with Crippen molar-refractivity contribution in [1.82, 2.24) is 4.98 Å². The molecule has 118 valence electrons. The van der Waals surface area contributed by atoms with Crippen molar-refractivity contribution in [1.29, 1.82) is 0 Å². The molecule has 1 aliphatic rings. The third-order valence-electron chi connectivity index (χ3n) is 3.38. The Labute approximate surface area is 138 Å². The quantitative estimate of drug-likeness (QED) is 0.874. The number of carbonyl (C=O) groups is 1. The number of ether oxygens (including phenoxy) is 1. The molecular weight excluding hydrogens is 318 g/mol. The number of halogens is 1. The van der Waals surface area contributed by atoms with Crippen molar-refractivity contribution in [2.75, 3.05) is 12.4 Å². The monoisotopic (exact) mass is 331 g/mol. The minimum atomic E-state index is -0.701. The van der Waals surface area contributed by atoms with E-state index in [2.05, 4.69) is 15.5 Å². The first-order valence-corrected chi connectivity index (χ1v) is 7.33. The molecule has 3 rings (SSSR count). The van der Waals surface area contributed by atoms with Gasteiger partial charge in [-0.25, -0.2) is 4.98 Å². The molecule has 6 nitrogen and oxygen atoms in total. The van der Waals surface area contributed by atoms with Gasteiger partial charge in [0.25, 0.3) is 5.91 Å². The number of carbonyl (C=O) groups excluding carboxylic acids is 1. The fourth-order valence-corrected chi connectivity index (χ4v) is 2.35. The van der Waals surface area contributed by atoms with E-state index >= 15 is 0 Å². The highest BCUT2D eigenvalue weighted by Crippen LogP contribution is 2.23. The second kappa shape index (κ2) is 6.66. The number of hydrogen-bond acceptors (Lipinski definition) is 5. The average molecular weight is 332 g/mol. The van der Waals surface area contributed by atoms with Crippen LogP contribution in [0, 0.1) is 0 Å². The largest absolute Gasteiger partial charge is 0.497 e. The molecule has 0 aliphatic carbocycles. The van der Waals surface area contributed by atoms with Crippen molar-refractivity contribution >= 4 is 28.9 Å². The first kappa shape index (κ1) is 15.3. The Kier molecular flexibility index (Phi) is 4.43. The van der Waals surface area contributed by atoms with Gasteiger partial charge in [0, 0.05) is 18.2 Å². The van der Waals surface area contributed by atoms with Crippen molar-refractivity contribution in [2.24, 2.45) is 5.16 Å². The van der Waals surface area contributed by atoms with E-state index in [-0.39, 0.29) is 11.1 Å². The third kappa shape index (κ3) is 3.43. The molecular formula is C16H14ClN3O3. The summed E-state index contributed by atoms with van der Waals surface area (Å²) in [6, 6.07) is 10.8. The summed E-state index contributed by atoms with van der Waals surface area (Å²) < 4.78 is 5.18. The van der Waals surface area contributed by atoms with Gasteiger partial charge in [0.05, 0.1) is 18.5 Å². The Balaban J connectivity index is 1.66. The minimum absolute atomic E-state index is 0.229. The number of rotatable bonds is 4. The molecule has 0 radical (unpaired) electrons. The number of hydrogen-bond donors (Lipinski definition) is 1. The number of nitrogens with zero attached hydrogens (tertiary/aromatic N) is 2. The van der Waals surface area contributed by atoms with Gasteiger partial charge in [0.1, 0.15) is 5.75 Å². The fraction of sp³-hybridized carbons (Fsp3) is 0.188. The zero-order valence-corrected chi connectivity index (χ0v) is 13.1. The van der Waals surface area contributed by atoms with Crippen molar-refractivity contribution in [3.8, 4) is 5.75 Å². The second-order valence-electron chi connectivity index (χ2n) is 4.90. The molecule has 0 fully saturated rings. The van der Waals surface area contributed by atoms with E-state index in [9.17, 15) is 4.79 Å². The van der Waals surface area contributed by atoms with Gasteiger partial charge in [-0.05, 0) is 24.3 Å². The van der Waals surface area contributed by atoms with Crippen LogP contribution in [-0.4, -0.2) is 29.8 Å². The number of pyridine rings is 1. The fourth-order valence-electron chi connectivity index (χ4n) is 2.18. The average Bonchev–Trinajstić information content (AvgIpc) is 3.07. The van der Waals surface area contributed by atoms with E-state index in [1.54, 1.807) is 25.4 Å². The second-order valence-corrected chi connectivity index (χ2v) is 5.26. The highest BCUT2D eigenvalue weighted by atomic mass is 35.5. The number of oxime groups is 1. The first-order valence-electron chi connectivity index (χ1n) is 6.96. The van der Waals surface area contributed by atoms with Gasteiger partial charge in [-0.15, -0.1) is 0 Å². The topological polar surface area (TPSA) is 72.8 Å². The van der Waals surface area contributed by atoms with E-state index < -0.39 is 6.10 Å². The van der Waals surface area contributed by atoms with Crippen LogP contribution in [0.25, 0.3) is 0 Å². The lowest BCUT2D eigenvalue weighted by molar-refractivity contribution is -0.125. The van der Waals surface area contributed by atoms with Crippen molar-refractivity contribution in [3.05, 3.63) is 53.3 Å². The normalized spacial score (nSPS) is 16.4. The van der Waals surface area contributed by atoms with Crippen LogP contribution >= 0.6 is 11.6 Å². The molecule has 1 amide bonds. The van der Waals surface area contributed by atoms with Crippen LogP contribution in [0.15, 0.2) is 47.8 Å². The molecule has 1 aromatic heterocycles. The van der Waals surface area contributed by atoms with Crippen molar-refractivity contribution in [3.63, 3.8) is 0 Å². The summed E-state index contributed by atoms with van der Waals surface area (Å²) in [5, 5.41) is 6.92. The first-order chi connectivity index (χ1) is 11.2. The van der Waals surface area contributed by atoms with Gasteiger partial charge in [-0.3, -0.25) is 4.79 Å². The van der Waals surface area contributed by atoms with Crippen LogP contribution in [0.4, 0.5) is 5.69 Å². The minimum Gasteiger partial charge on any atom is -0.497 e. The van der Waals surface area contributed by atoms with Crippen LogP contribution in [-0.2, 0) is 9.63 Å². The van der Waals surface area contributed by atoms with Gasteiger partial charge in [0.15, 0.2) is 5.15 Å². The van der Waals surface area contributed by atoms with Gasteiger partial charge in [-0.2, -0.15) is 0 Å². The molecule has 1 N–H and O–H groups in total. The van der Waals surface area contributed by atoms with E-state index in [1.807, 2.05) is 24.3 Å². The third-order valence-corrected chi connectivity index (χ3v) is 3.68. The molecule has 1 aromatic carbocycles. The van der Waals surface area contributed by atoms with Crippen LogP contribution in [0.5, 0.6) is 5.75 Å². The van der Waals surface area contributed by atoms with Crippen LogP contribution in [0.3, 0.4) is 0 Å². The highest BCUT2D eigenvalue weighted by Gasteiger charge is 2.29. The summed E-state index contributed by atoms with van der Waals surface area (Å²) in [7, 11) is 1.60. The highest BCUT2D eigenvalue weighted by molar-refractivity contribution is 6.32. The molecule has 23 heavy (non-hydrogen) atoms. The van der Waals surface area contributed by atoms with Crippen molar-refractivity contribution in [2.45, 2.75) is 12.5 Å². The van der Waals surface area contributed by atoms with E-state index in [4.69, 9.17) is 21.2 Å². The summed E-state index contributed by atoms with van der Waals surface area (Å²) in [5.41, 5.74) is 2.00. The lowest BCUT2D eigenvalue weighted by atomic mass is 10.0. The number of nitrogens with one attached hydrogen (secondary N) is 1. The van der Waals surface area contributed by atoms with Gasteiger partial charge in [0.2, 0.25) is 6.10 Å². The van der Waals surface area contributed by atoms with Gasteiger partial charge >= 0.3 is 0 Å². The predicted octanol–water partition coefficient (Wildman–Crippen LogP) is 2.88. The molecule has 0 unspecified atom stereocenters. The number of methoxy groups -OCH3 is 1. The zero-order chi connectivity index (χ0) is 16.2. The lowest BCUT2D eigenvalue weighted by Crippen LogP contribution is -2.28. The molecule has 0 bridgehead atoms. The smallest absolute Gasteiger partial charge is 0.268 e. The Hall–Kier alpha value is -2.60. The number of benzene rings is 1. The molecule has 2 heterocycles. The Morgan fingerprint density at radius 1 is 1.39 bits per heavy atom. The van der Waals surface area contributed by atoms with Crippen molar-refractivity contribution < 1.29 is 14.4 Å². The summed E-state index contributed by atoms with van der Waals surface area (Å²) in [6.45, 7) is 0. The van der Waals surface area contributed by atoms with E-state index in [1.165, 1.54) is 0 Å². The zero-order valence-electron chi connectivity index (χ0n) is 12.3. The van der Waals surface area contributed by atoms with Crippen LogP contribution in [0.2, 0.25) is 5.15 Å². The Morgan fingerprint density at radius 3 is 3.04 bits per heavy atom. The molecule has 2 aromatic rings. The standard InChI is InChI=1S/C16H14ClN3O3/c1-22-11-5-2-4-10(8-11)13-9-14(23-20-13)16(21)19-12-6-3-7-18-15(12)17/h2-8,14H,9H2,1H3,(H,19,21)/t14-/m1/s1. The predicted molar refractivity (Wildman–Crippen MR) is 86.9 cm³/mol. The molecule has 0 spiro atoms. The molecule has 1 aliphatic heterocycles. The number of aromatic nitrogens is 1. The van der Waals surface area contributed by atoms with Gasteiger partial charge in [-0.1, -0.05) is 28.9 Å². The summed E-state index contributed by atoms with van der Waals surface area (Å²) in [6.07, 6.45) is 1.22. The maximum atomic E-state index is 12.2. The summed E-state index contributed by atoms with van der Waals surface area (Å²) >= 11 is 5.92.